The van der Waals surface area contributed by atoms with Crippen LogP contribution in [0.2, 0.25) is 0 Å². The van der Waals surface area contributed by atoms with E-state index in [1.807, 2.05) is 25.5 Å². The quantitative estimate of drug-likeness (QED) is 0.903. The van der Waals surface area contributed by atoms with Gasteiger partial charge in [-0.15, -0.1) is 0 Å². The minimum Gasteiger partial charge on any atom is -0.481 e. The fourth-order valence-corrected chi connectivity index (χ4v) is 3.59. The third-order valence-electron chi connectivity index (χ3n) is 5.00. The second kappa shape index (κ2) is 7.15. The first-order valence-corrected chi connectivity index (χ1v) is 8.37. The molecular weight excluding hydrogens is 294 g/mol. The number of hydrogen-bond donors (Lipinski definition) is 1. The van der Waals surface area contributed by atoms with Gasteiger partial charge >= 0.3 is 5.97 Å². The number of carbonyl (C=O) groups is 2. The van der Waals surface area contributed by atoms with Crippen LogP contribution in [-0.2, 0) is 22.7 Å². The normalized spacial score (nSPS) is 21.2. The Morgan fingerprint density at radius 2 is 1.87 bits per heavy atom. The first-order chi connectivity index (χ1) is 10.9. The van der Waals surface area contributed by atoms with Crippen molar-refractivity contribution in [2.24, 2.45) is 11.8 Å². The van der Waals surface area contributed by atoms with Gasteiger partial charge in [-0.1, -0.05) is 12.8 Å². The number of aryl methyl sites for hydroxylation is 2. The molecule has 1 fully saturated rings. The first kappa shape index (κ1) is 17.5. The van der Waals surface area contributed by atoms with E-state index in [1.165, 1.54) is 0 Å². The molecule has 0 spiro atoms. The van der Waals surface area contributed by atoms with Crippen LogP contribution >= 0.6 is 0 Å². The summed E-state index contributed by atoms with van der Waals surface area (Å²) in [6.07, 6.45) is 3.10. The molecule has 0 bridgehead atoms. The highest BCUT2D eigenvalue weighted by Crippen LogP contribution is 2.32. The summed E-state index contributed by atoms with van der Waals surface area (Å²) in [4.78, 5) is 25.8. The van der Waals surface area contributed by atoms with Crippen molar-refractivity contribution in [3.8, 4) is 0 Å². The zero-order valence-corrected chi connectivity index (χ0v) is 14.5. The Hall–Kier alpha value is -1.85. The van der Waals surface area contributed by atoms with Crippen molar-refractivity contribution < 1.29 is 14.7 Å². The Balaban J connectivity index is 2.13. The highest BCUT2D eigenvalue weighted by Gasteiger charge is 2.37. The van der Waals surface area contributed by atoms with Crippen LogP contribution < -0.4 is 0 Å². The molecule has 2 rings (SSSR count). The summed E-state index contributed by atoms with van der Waals surface area (Å²) < 4.78 is 1.93. The fraction of sp³-hybridized carbons (Fsp3) is 0.706. The van der Waals surface area contributed by atoms with Crippen LogP contribution in [0.5, 0.6) is 0 Å². The van der Waals surface area contributed by atoms with Gasteiger partial charge < -0.3 is 10.0 Å². The van der Waals surface area contributed by atoms with Crippen LogP contribution in [0.25, 0.3) is 0 Å². The Morgan fingerprint density at radius 1 is 1.26 bits per heavy atom. The predicted molar refractivity (Wildman–Crippen MR) is 86.9 cm³/mol. The van der Waals surface area contributed by atoms with E-state index in [1.54, 1.807) is 11.9 Å². The number of hydrogen-bond acceptors (Lipinski definition) is 3. The maximum Gasteiger partial charge on any atom is 0.307 e. The van der Waals surface area contributed by atoms with Crippen molar-refractivity contribution in [1.82, 2.24) is 14.7 Å². The van der Waals surface area contributed by atoms with Gasteiger partial charge in [-0.3, -0.25) is 14.3 Å². The zero-order valence-electron chi connectivity index (χ0n) is 14.5. The lowest BCUT2D eigenvalue weighted by atomic mass is 9.78. The molecule has 128 valence electrons. The lowest BCUT2D eigenvalue weighted by Gasteiger charge is -2.31. The van der Waals surface area contributed by atoms with Crippen molar-refractivity contribution in [1.29, 1.82) is 0 Å². The summed E-state index contributed by atoms with van der Waals surface area (Å²) in [6.45, 7) is 7.29. The Labute approximate surface area is 137 Å². The molecule has 1 N–H and O–H groups in total. The lowest BCUT2D eigenvalue weighted by molar-refractivity contribution is -0.152. The number of carbonyl (C=O) groups excluding carboxylic acids is 1. The lowest BCUT2D eigenvalue weighted by Crippen LogP contribution is -2.40. The van der Waals surface area contributed by atoms with Crippen molar-refractivity contribution >= 4 is 11.9 Å². The molecule has 0 radical (unpaired) electrons. The first-order valence-electron chi connectivity index (χ1n) is 8.37. The number of rotatable bonds is 5. The maximum absolute atomic E-state index is 12.8. The molecule has 6 nitrogen and oxygen atoms in total. The summed E-state index contributed by atoms with van der Waals surface area (Å²) in [7, 11) is 1.76. The largest absolute Gasteiger partial charge is 0.481 e. The van der Waals surface area contributed by atoms with Gasteiger partial charge in [0.15, 0.2) is 0 Å². The molecule has 0 unspecified atom stereocenters. The summed E-state index contributed by atoms with van der Waals surface area (Å²) in [5, 5.41) is 13.8. The minimum absolute atomic E-state index is 0.0554. The predicted octanol–water partition coefficient (Wildman–Crippen LogP) is 2.37. The molecule has 0 saturated heterocycles. The second-order valence-electron chi connectivity index (χ2n) is 6.50. The third-order valence-corrected chi connectivity index (χ3v) is 5.00. The van der Waals surface area contributed by atoms with Crippen LogP contribution in [0.15, 0.2) is 0 Å². The summed E-state index contributed by atoms with van der Waals surface area (Å²) in [5.41, 5.74) is 3.07. The Bertz CT molecular complexity index is 594. The van der Waals surface area contributed by atoms with E-state index >= 15 is 0 Å². The van der Waals surface area contributed by atoms with E-state index in [9.17, 15) is 14.7 Å². The molecule has 1 heterocycles. The van der Waals surface area contributed by atoms with Crippen LogP contribution in [0.1, 0.15) is 49.6 Å². The molecular formula is C17H27N3O3. The third kappa shape index (κ3) is 3.57. The van der Waals surface area contributed by atoms with Crippen LogP contribution in [0.4, 0.5) is 0 Å². The second-order valence-corrected chi connectivity index (χ2v) is 6.50. The smallest absolute Gasteiger partial charge is 0.307 e. The number of carboxylic acid groups (broad SMARTS) is 1. The monoisotopic (exact) mass is 321 g/mol. The van der Waals surface area contributed by atoms with Gasteiger partial charge in [0.1, 0.15) is 0 Å². The molecule has 6 heteroatoms. The van der Waals surface area contributed by atoms with E-state index in [4.69, 9.17) is 0 Å². The summed E-state index contributed by atoms with van der Waals surface area (Å²) in [5.74, 6) is -1.84. The number of aliphatic carboxylic acids is 1. The van der Waals surface area contributed by atoms with Crippen LogP contribution in [0, 0.1) is 25.7 Å². The molecule has 1 aliphatic rings. The molecule has 1 saturated carbocycles. The molecule has 1 aromatic heterocycles. The highest BCUT2D eigenvalue weighted by molar-refractivity contribution is 5.84. The fourth-order valence-electron chi connectivity index (χ4n) is 3.59. The molecule has 0 aromatic carbocycles. The molecule has 1 aliphatic carbocycles. The average molecular weight is 321 g/mol. The molecule has 0 aliphatic heterocycles. The van der Waals surface area contributed by atoms with E-state index in [0.29, 0.717) is 19.4 Å². The summed E-state index contributed by atoms with van der Waals surface area (Å²) >= 11 is 0. The zero-order chi connectivity index (χ0) is 17.1. The van der Waals surface area contributed by atoms with E-state index in [-0.39, 0.29) is 5.91 Å². The molecule has 23 heavy (non-hydrogen) atoms. The van der Waals surface area contributed by atoms with Gasteiger partial charge in [0, 0.05) is 31.4 Å². The Kier molecular flexibility index (Phi) is 5.44. The van der Waals surface area contributed by atoms with E-state index < -0.39 is 17.8 Å². The van der Waals surface area contributed by atoms with E-state index in [2.05, 4.69) is 5.10 Å². The number of carboxylic acids is 1. The van der Waals surface area contributed by atoms with Crippen LogP contribution in [-0.4, -0.2) is 38.7 Å². The standard InChI is InChI=1S/C17H27N3O3/c1-5-20-12(3)15(11(2)18-20)10-19(4)16(21)13-8-6-7-9-14(13)17(22)23/h13-14H,5-10H2,1-4H3,(H,22,23)/t13-,14+/m1/s1. The topological polar surface area (TPSA) is 75.4 Å². The number of amides is 1. The van der Waals surface area contributed by atoms with Gasteiger partial charge in [0.05, 0.1) is 17.5 Å². The van der Waals surface area contributed by atoms with Crippen molar-refractivity contribution in [3.63, 3.8) is 0 Å². The van der Waals surface area contributed by atoms with Gasteiger partial charge in [-0.05, 0) is 33.6 Å². The molecule has 1 amide bonds. The summed E-state index contributed by atoms with van der Waals surface area (Å²) in [6, 6.07) is 0. The maximum atomic E-state index is 12.8. The van der Waals surface area contributed by atoms with Gasteiger partial charge in [0.25, 0.3) is 0 Å². The number of aromatic nitrogens is 2. The number of nitrogens with zero attached hydrogens (tertiary/aromatic N) is 3. The highest BCUT2D eigenvalue weighted by atomic mass is 16.4. The van der Waals surface area contributed by atoms with Gasteiger partial charge in [-0.2, -0.15) is 5.10 Å². The van der Waals surface area contributed by atoms with Crippen molar-refractivity contribution in [2.75, 3.05) is 7.05 Å². The molecule has 2 atom stereocenters. The average Bonchev–Trinajstić information content (AvgIpc) is 2.81. The van der Waals surface area contributed by atoms with Crippen molar-refractivity contribution in [2.45, 2.75) is 59.5 Å². The minimum atomic E-state index is -0.845. The van der Waals surface area contributed by atoms with Crippen LogP contribution in [0.3, 0.4) is 0 Å². The van der Waals surface area contributed by atoms with Gasteiger partial charge in [0.2, 0.25) is 5.91 Å². The van der Waals surface area contributed by atoms with Crippen molar-refractivity contribution in [3.05, 3.63) is 17.0 Å². The van der Waals surface area contributed by atoms with E-state index in [0.717, 1.165) is 36.3 Å². The Morgan fingerprint density at radius 3 is 2.39 bits per heavy atom. The van der Waals surface area contributed by atoms with Gasteiger partial charge in [-0.25, -0.2) is 0 Å². The SMILES string of the molecule is CCn1nc(C)c(CN(C)C(=O)[C@@H]2CCCC[C@@H]2C(=O)O)c1C. The molecule has 1 aromatic rings.